The van der Waals surface area contributed by atoms with Crippen molar-refractivity contribution in [3.05, 3.63) is 42.0 Å². The van der Waals surface area contributed by atoms with Crippen molar-refractivity contribution >= 4 is 23.3 Å². The van der Waals surface area contributed by atoms with Gasteiger partial charge in [0, 0.05) is 18.2 Å². The molecular formula is C22H29NO5. The Morgan fingerprint density at radius 3 is 2.39 bits per heavy atom. The first-order chi connectivity index (χ1) is 13.1. The molecule has 3 atom stereocenters. The van der Waals surface area contributed by atoms with Crippen molar-refractivity contribution in [2.24, 2.45) is 11.3 Å². The summed E-state index contributed by atoms with van der Waals surface area (Å²) in [6.45, 7) is 10.7. The van der Waals surface area contributed by atoms with E-state index in [2.05, 4.69) is 11.9 Å². The molecule has 152 valence electrons. The van der Waals surface area contributed by atoms with Gasteiger partial charge in [-0.3, -0.25) is 14.4 Å². The number of hydrogen-bond donors (Lipinski definition) is 1. The average molecular weight is 387 g/mol. The summed E-state index contributed by atoms with van der Waals surface area (Å²) in [5.74, 6) is -1.30. The van der Waals surface area contributed by atoms with E-state index in [1.807, 2.05) is 38.1 Å². The number of amides is 1. The molecule has 1 N–H and O–H groups in total. The number of ether oxygens (including phenoxy) is 2. The van der Waals surface area contributed by atoms with Crippen molar-refractivity contribution in [3.8, 4) is 0 Å². The minimum atomic E-state index is -1.39. The van der Waals surface area contributed by atoms with Gasteiger partial charge in [0.05, 0.1) is 19.3 Å². The highest BCUT2D eigenvalue weighted by Gasteiger charge is 2.59. The third-order valence-electron chi connectivity index (χ3n) is 5.44. The van der Waals surface area contributed by atoms with Crippen LogP contribution >= 0.6 is 0 Å². The molecule has 1 amide bonds. The van der Waals surface area contributed by atoms with Gasteiger partial charge in [0.15, 0.2) is 11.2 Å². The van der Waals surface area contributed by atoms with Crippen LogP contribution in [-0.4, -0.2) is 37.0 Å². The normalized spacial score (nSPS) is 24.9. The minimum absolute atomic E-state index is 0.129. The molecule has 1 aromatic carbocycles. The SMILES string of the molecule is C=C1C(=O)[C@@](C(=O)OC)(C(C)C)C(CCc2ccc(NC(C)=O)cc2)O[C@@H]1C. The first-order valence-electron chi connectivity index (χ1n) is 9.48. The largest absolute Gasteiger partial charge is 0.468 e. The number of methoxy groups -OCH3 is 1. The van der Waals surface area contributed by atoms with Crippen molar-refractivity contribution in [1.29, 1.82) is 0 Å². The number of carbonyl (C=O) groups is 3. The Morgan fingerprint density at radius 2 is 1.89 bits per heavy atom. The number of benzene rings is 1. The maximum atomic E-state index is 13.1. The molecule has 0 bridgehead atoms. The lowest BCUT2D eigenvalue weighted by molar-refractivity contribution is -0.183. The molecular weight excluding hydrogens is 358 g/mol. The summed E-state index contributed by atoms with van der Waals surface area (Å²) in [7, 11) is 1.29. The predicted octanol–water partition coefficient (Wildman–Crippen LogP) is 3.31. The standard InChI is InChI=1S/C22H29NO5/c1-13(2)22(21(26)27-6)19(28-15(4)14(3)20(22)25)12-9-17-7-10-18(11-8-17)23-16(5)24/h7-8,10-11,13,15,19H,3,9,12H2,1-2,4-6H3,(H,23,24)/t15-,19?,22-/m1/s1. The highest BCUT2D eigenvalue weighted by Crippen LogP contribution is 2.44. The summed E-state index contributed by atoms with van der Waals surface area (Å²) in [5.41, 5.74) is 0.644. The molecule has 1 aliphatic heterocycles. The Morgan fingerprint density at radius 1 is 1.29 bits per heavy atom. The number of esters is 1. The molecule has 1 fully saturated rings. The van der Waals surface area contributed by atoms with Crippen LogP contribution in [-0.2, 0) is 30.3 Å². The molecule has 2 rings (SSSR count). The Kier molecular flexibility index (Phi) is 6.77. The molecule has 0 radical (unpaired) electrons. The van der Waals surface area contributed by atoms with Gasteiger partial charge in [0.2, 0.25) is 5.91 Å². The molecule has 0 spiro atoms. The van der Waals surface area contributed by atoms with Crippen LogP contribution in [0.2, 0.25) is 0 Å². The topological polar surface area (TPSA) is 81.7 Å². The van der Waals surface area contributed by atoms with Gasteiger partial charge in [-0.25, -0.2) is 0 Å². The van der Waals surface area contributed by atoms with E-state index in [9.17, 15) is 14.4 Å². The van der Waals surface area contributed by atoms with Crippen molar-refractivity contribution in [2.75, 3.05) is 12.4 Å². The van der Waals surface area contributed by atoms with E-state index in [-0.39, 0.29) is 17.6 Å². The predicted molar refractivity (Wildman–Crippen MR) is 107 cm³/mol. The highest BCUT2D eigenvalue weighted by molar-refractivity contribution is 6.13. The number of hydrogen-bond acceptors (Lipinski definition) is 5. The van der Waals surface area contributed by atoms with Crippen LogP contribution in [0.5, 0.6) is 0 Å². The fraction of sp³-hybridized carbons (Fsp3) is 0.500. The second kappa shape index (κ2) is 8.69. The van der Waals surface area contributed by atoms with E-state index >= 15 is 0 Å². The second-order valence-electron chi connectivity index (χ2n) is 7.55. The van der Waals surface area contributed by atoms with Crippen LogP contribution in [0.15, 0.2) is 36.4 Å². The van der Waals surface area contributed by atoms with Gasteiger partial charge in [-0.05, 0) is 43.4 Å². The molecule has 1 unspecified atom stereocenters. The lowest BCUT2D eigenvalue weighted by Crippen LogP contribution is -2.59. The molecule has 1 aliphatic rings. The first-order valence-corrected chi connectivity index (χ1v) is 9.48. The maximum Gasteiger partial charge on any atom is 0.322 e. The van der Waals surface area contributed by atoms with Gasteiger partial charge in [-0.15, -0.1) is 0 Å². The zero-order chi connectivity index (χ0) is 21.1. The van der Waals surface area contributed by atoms with Crippen molar-refractivity contribution in [1.82, 2.24) is 0 Å². The van der Waals surface area contributed by atoms with E-state index < -0.39 is 23.6 Å². The Labute approximate surface area is 166 Å². The van der Waals surface area contributed by atoms with Crippen LogP contribution in [0.1, 0.15) is 39.7 Å². The van der Waals surface area contributed by atoms with Gasteiger partial charge in [-0.2, -0.15) is 0 Å². The number of rotatable bonds is 6. The summed E-state index contributed by atoms with van der Waals surface area (Å²) < 4.78 is 11.1. The third kappa shape index (κ3) is 4.02. The van der Waals surface area contributed by atoms with E-state index in [0.717, 1.165) is 11.3 Å². The summed E-state index contributed by atoms with van der Waals surface area (Å²) >= 11 is 0. The van der Waals surface area contributed by atoms with Crippen molar-refractivity contribution in [3.63, 3.8) is 0 Å². The zero-order valence-electron chi connectivity index (χ0n) is 17.2. The summed E-state index contributed by atoms with van der Waals surface area (Å²) in [6, 6.07) is 7.47. The van der Waals surface area contributed by atoms with Crippen LogP contribution in [0.4, 0.5) is 5.69 Å². The number of nitrogens with one attached hydrogen (secondary N) is 1. The quantitative estimate of drug-likeness (QED) is 0.460. The van der Waals surface area contributed by atoms with Gasteiger partial charge >= 0.3 is 5.97 Å². The molecule has 1 heterocycles. The lowest BCUT2D eigenvalue weighted by atomic mass is 9.64. The van der Waals surface area contributed by atoms with Crippen molar-refractivity contribution < 1.29 is 23.9 Å². The molecule has 1 aromatic rings. The Hall–Kier alpha value is -2.47. The van der Waals surface area contributed by atoms with E-state index in [4.69, 9.17) is 9.47 Å². The summed E-state index contributed by atoms with van der Waals surface area (Å²) in [6.07, 6.45) is 0.0400. The summed E-state index contributed by atoms with van der Waals surface area (Å²) in [5, 5.41) is 2.73. The monoisotopic (exact) mass is 387 g/mol. The van der Waals surface area contributed by atoms with Crippen LogP contribution in [0, 0.1) is 11.3 Å². The van der Waals surface area contributed by atoms with Gasteiger partial charge < -0.3 is 14.8 Å². The lowest BCUT2D eigenvalue weighted by Gasteiger charge is -2.45. The number of carbonyl (C=O) groups excluding carboxylic acids is 3. The van der Waals surface area contributed by atoms with Gasteiger partial charge in [0.1, 0.15) is 0 Å². The van der Waals surface area contributed by atoms with Crippen molar-refractivity contribution in [2.45, 2.75) is 52.7 Å². The summed E-state index contributed by atoms with van der Waals surface area (Å²) in [4.78, 5) is 37.0. The number of ketones is 1. The molecule has 0 aliphatic carbocycles. The van der Waals surface area contributed by atoms with Gasteiger partial charge in [0.25, 0.3) is 0 Å². The van der Waals surface area contributed by atoms with E-state index in [0.29, 0.717) is 18.4 Å². The fourth-order valence-electron chi connectivity index (χ4n) is 3.85. The van der Waals surface area contributed by atoms with Gasteiger partial charge in [-0.1, -0.05) is 32.6 Å². The number of anilines is 1. The zero-order valence-corrected chi connectivity index (χ0v) is 17.2. The third-order valence-corrected chi connectivity index (χ3v) is 5.44. The average Bonchev–Trinajstić information content (AvgIpc) is 2.64. The van der Waals surface area contributed by atoms with Crippen LogP contribution in [0.25, 0.3) is 0 Å². The van der Waals surface area contributed by atoms with E-state index in [1.165, 1.54) is 14.0 Å². The number of aryl methyl sites for hydroxylation is 1. The first kappa shape index (κ1) is 21.8. The molecule has 1 saturated heterocycles. The second-order valence-corrected chi connectivity index (χ2v) is 7.55. The molecule has 28 heavy (non-hydrogen) atoms. The minimum Gasteiger partial charge on any atom is -0.468 e. The smallest absolute Gasteiger partial charge is 0.322 e. The fourth-order valence-corrected chi connectivity index (χ4v) is 3.85. The molecule has 0 aromatic heterocycles. The van der Waals surface area contributed by atoms with E-state index in [1.54, 1.807) is 6.92 Å². The van der Waals surface area contributed by atoms with Crippen LogP contribution < -0.4 is 5.32 Å². The Bertz CT molecular complexity index is 768. The molecule has 0 saturated carbocycles. The maximum absolute atomic E-state index is 13.1. The Balaban J connectivity index is 2.27. The molecule has 6 nitrogen and oxygen atoms in total. The highest BCUT2D eigenvalue weighted by atomic mass is 16.5. The van der Waals surface area contributed by atoms with Crippen LogP contribution in [0.3, 0.4) is 0 Å². The molecule has 6 heteroatoms. The number of Topliss-reactive ketones (excluding diaryl/α,β-unsaturated/α-hetero) is 1.